The molecule has 1 fully saturated rings. The number of anilines is 1. The van der Waals surface area contributed by atoms with Crippen LogP contribution in [0.15, 0.2) is 18.2 Å². The van der Waals surface area contributed by atoms with Crippen LogP contribution in [0.5, 0.6) is 0 Å². The van der Waals surface area contributed by atoms with E-state index in [1.807, 2.05) is 6.07 Å². The molecular formula is C13H15N3O4. The Kier molecular flexibility index (Phi) is 4.17. The molecule has 0 saturated carbocycles. The lowest BCUT2D eigenvalue weighted by atomic mass is 9.90. The Morgan fingerprint density at radius 2 is 2.20 bits per heavy atom. The molecule has 0 unspecified atom stereocenters. The van der Waals surface area contributed by atoms with Crippen molar-refractivity contribution in [1.29, 1.82) is 5.26 Å². The Morgan fingerprint density at radius 3 is 2.75 bits per heavy atom. The van der Waals surface area contributed by atoms with Gasteiger partial charge in [0, 0.05) is 25.0 Å². The van der Waals surface area contributed by atoms with Crippen molar-refractivity contribution in [2.75, 3.05) is 25.1 Å². The molecule has 7 nitrogen and oxygen atoms in total. The molecule has 1 heterocycles. The lowest BCUT2D eigenvalue weighted by Crippen LogP contribution is -2.46. The normalized spacial score (nSPS) is 17.2. The van der Waals surface area contributed by atoms with Gasteiger partial charge >= 0.3 is 0 Å². The van der Waals surface area contributed by atoms with E-state index in [-0.39, 0.29) is 17.9 Å². The first-order chi connectivity index (χ1) is 9.60. The smallest absolute Gasteiger partial charge is 0.287 e. The highest BCUT2D eigenvalue weighted by Gasteiger charge is 2.32. The predicted octanol–water partition coefficient (Wildman–Crippen LogP) is 1.42. The Bertz CT molecular complexity index is 547. The average Bonchev–Trinajstić information content (AvgIpc) is 2.47. The number of nitro groups is 1. The molecule has 20 heavy (non-hydrogen) atoms. The molecule has 7 heteroatoms. The summed E-state index contributed by atoms with van der Waals surface area (Å²) in [6.07, 6.45) is 1.28. The van der Waals surface area contributed by atoms with Crippen molar-refractivity contribution < 1.29 is 14.8 Å². The summed E-state index contributed by atoms with van der Waals surface area (Å²) in [6, 6.07) is 6.10. The first kappa shape index (κ1) is 14.2. The third-order valence-corrected chi connectivity index (χ3v) is 3.48. The summed E-state index contributed by atoms with van der Waals surface area (Å²) < 4.78 is 5.27. The van der Waals surface area contributed by atoms with Gasteiger partial charge in [0.05, 0.1) is 17.1 Å². The topological polar surface area (TPSA) is 108 Å². The standard InChI is InChI=1S/C13H15N3O4/c14-8-10-7-11(1-2-12(10)16(18)19)15-13(9-17)3-5-20-6-4-13/h1-2,7,15,17H,3-6,9H2. The fourth-order valence-electron chi connectivity index (χ4n) is 2.25. The molecule has 0 spiro atoms. The highest BCUT2D eigenvalue weighted by molar-refractivity contribution is 5.59. The van der Waals surface area contributed by atoms with Gasteiger partial charge in [0.15, 0.2) is 0 Å². The lowest BCUT2D eigenvalue weighted by Gasteiger charge is -2.37. The van der Waals surface area contributed by atoms with Crippen LogP contribution in [-0.4, -0.2) is 35.4 Å². The predicted molar refractivity (Wildman–Crippen MR) is 71.3 cm³/mol. The van der Waals surface area contributed by atoms with E-state index in [1.54, 1.807) is 6.07 Å². The van der Waals surface area contributed by atoms with Crippen LogP contribution in [0.1, 0.15) is 18.4 Å². The van der Waals surface area contributed by atoms with Crippen LogP contribution in [0.25, 0.3) is 0 Å². The molecule has 0 amide bonds. The van der Waals surface area contributed by atoms with E-state index in [1.165, 1.54) is 12.1 Å². The second-order valence-corrected chi connectivity index (χ2v) is 4.78. The maximum absolute atomic E-state index is 10.8. The monoisotopic (exact) mass is 277 g/mol. The van der Waals surface area contributed by atoms with Gasteiger partial charge in [0.25, 0.3) is 5.69 Å². The van der Waals surface area contributed by atoms with E-state index in [0.29, 0.717) is 31.7 Å². The fraction of sp³-hybridized carbons (Fsp3) is 0.462. The second-order valence-electron chi connectivity index (χ2n) is 4.78. The quantitative estimate of drug-likeness (QED) is 0.636. The molecule has 0 aliphatic carbocycles. The number of hydrogen-bond acceptors (Lipinski definition) is 6. The Labute approximate surface area is 115 Å². The summed E-state index contributed by atoms with van der Waals surface area (Å²) in [5.41, 5.74) is -0.132. The molecule has 1 aromatic rings. The number of nitro benzene ring substituents is 1. The second kappa shape index (κ2) is 5.86. The van der Waals surface area contributed by atoms with E-state index in [4.69, 9.17) is 10.00 Å². The fourth-order valence-corrected chi connectivity index (χ4v) is 2.25. The maximum atomic E-state index is 10.8. The number of nitriles is 1. The van der Waals surface area contributed by atoms with Gasteiger partial charge in [-0.05, 0) is 25.0 Å². The van der Waals surface area contributed by atoms with Crippen molar-refractivity contribution in [3.63, 3.8) is 0 Å². The molecule has 0 aromatic heterocycles. The number of aliphatic hydroxyl groups excluding tert-OH is 1. The number of hydrogen-bond donors (Lipinski definition) is 2. The third kappa shape index (κ3) is 2.87. The number of nitrogens with zero attached hydrogens (tertiary/aromatic N) is 2. The molecule has 1 aliphatic heterocycles. The number of aliphatic hydroxyl groups is 1. The van der Waals surface area contributed by atoms with E-state index < -0.39 is 10.5 Å². The van der Waals surface area contributed by atoms with Crippen molar-refractivity contribution in [2.24, 2.45) is 0 Å². The van der Waals surface area contributed by atoms with Crippen molar-refractivity contribution in [3.8, 4) is 6.07 Å². The molecule has 2 N–H and O–H groups in total. The number of rotatable bonds is 4. The molecule has 106 valence electrons. The molecule has 2 rings (SSSR count). The Hall–Kier alpha value is -2.17. The minimum absolute atomic E-state index is 0.000138. The molecule has 1 saturated heterocycles. The first-order valence-electron chi connectivity index (χ1n) is 6.25. The summed E-state index contributed by atoms with van der Waals surface area (Å²) in [4.78, 5) is 10.2. The highest BCUT2D eigenvalue weighted by atomic mass is 16.6. The summed E-state index contributed by atoms with van der Waals surface area (Å²) in [5.74, 6) is 0. The van der Waals surface area contributed by atoms with Crippen LogP contribution >= 0.6 is 0 Å². The third-order valence-electron chi connectivity index (χ3n) is 3.48. The summed E-state index contributed by atoms with van der Waals surface area (Å²) >= 11 is 0. The van der Waals surface area contributed by atoms with E-state index >= 15 is 0 Å². The SMILES string of the molecule is N#Cc1cc(NC2(CO)CCOCC2)ccc1[N+](=O)[O-]. The van der Waals surface area contributed by atoms with Gasteiger partial charge in [0.2, 0.25) is 0 Å². The molecule has 1 aliphatic rings. The van der Waals surface area contributed by atoms with E-state index in [0.717, 1.165) is 0 Å². The van der Waals surface area contributed by atoms with Crippen LogP contribution in [0.3, 0.4) is 0 Å². The number of ether oxygens (including phenoxy) is 1. The molecule has 1 aromatic carbocycles. The van der Waals surface area contributed by atoms with Crippen LogP contribution < -0.4 is 5.32 Å². The molecule has 0 bridgehead atoms. The summed E-state index contributed by atoms with van der Waals surface area (Å²) in [5, 5.41) is 32.5. The van der Waals surface area contributed by atoms with Crippen LogP contribution in [0.2, 0.25) is 0 Å². The zero-order valence-electron chi connectivity index (χ0n) is 10.8. The minimum Gasteiger partial charge on any atom is -0.394 e. The minimum atomic E-state index is -0.585. The van der Waals surface area contributed by atoms with Gasteiger partial charge in [-0.2, -0.15) is 5.26 Å². The zero-order chi connectivity index (χ0) is 14.6. The summed E-state index contributed by atoms with van der Waals surface area (Å²) in [6.45, 7) is 1.03. The average molecular weight is 277 g/mol. The lowest BCUT2D eigenvalue weighted by molar-refractivity contribution is -0.385. The van der Waals surface area contributed by atoms with Gasteiger partial charge < -0.3 is 15.2 Å². The number of nitrogens with one attached hydrogen (secondary N) is 1. The molecule has 0 atom stereocenters. The van der Waals surface area contributed by atoms with Crippen LogP contribution in [-0.2, 0) is 4.74 Å². The number of benzene rings is 1. The van der Waals surface area contributed by atoms with Crippen molar-refractivity contribution >= 4 is 11.4 Å². The molecular weight excluding hydrogens is 262 g/mol. The molecule has 0 radical (unpaired) electrons. The van der Waals surface area contributed by atoms with Crippen molar-refractivity contribution in [3.05, 3.63) is 33.9 Å². The van der Waals surface area contributed by atoms with Gasteiger partial charge in [0.1, 0.15) is 11.6 Å². The Balaban J connectivity index is 2.25. The van der Waals surface area contributed by atoms with Gasteiger partial charge in [-0.1, -0.05) is 0 Å². The van der Waals surface area contributed by atoms with Gasteiger partial charge in [-0.15, -0.1) is 0 Å². The van der Waals surface area contributed by atoms with Crippen LogP contribution in [0.4, 0.5) is 11.4 Å². The van der Waals surface area contributed by atoms with Gasteiger partial charge in [-0.25, -0.2) is 0 Å². The maximum Gasteiger partial charge on any atom is 0.287 e. The summed E-state index contributed by atoms with van der Waals surface area (Å²) in [7, 11) is 0. The highest BCUT2D eigenvalue weighted by Crippen LogP contribution is 2.28. The van der Waals surface area contributed by atoms with Crippen LogP contribution in [0, 0.1) is 21.4 Å². The van der Waals surface area contributed by atoms with Gasteiger partial charge in [-0.3, -0.25) is 10.1 Å². The Morgan fingerprint density at radius 1 is 1.50 bits per heavy atom. The largest absolute Gasteiger partial charge is 0.394 e. The van der Waals surface area contributed by atoms with Crippen molar-refractivity contribution in [2.45, 2.75) is 18.4 Å². The zero-order valence-corrected chi connectivity index (χ0v) is 10.8. The van der Waals surface area contributed by atoms with Crippen molar-refractivity contribution in [1.82, 2.24) is 0 Å². The first-order valence-corrected chi connectivity index (χ1v) is 6.25. The van der Waals surface area contributed by atoms with E-state index in [2.05, 4.69) is 5.32 Å². The van der Waals surface area contributed by atoms with E-state index in [9.17, 15) is 15.2 Å².